The highest BCUT2D eigenvalue weighted by atomic mass is 35.5. The molecule has 1 aliphatic heterocycles. The SMILES string of the molecule is CC(Oc1cccc(F)c1)C(=O)N1CCCCC1CNC(=O)CCN.Cl. The van der Waals surface area contributed by atoms with Gasteiger partial charge in [-0.15, -0.1) is 12.4 Å². The van der Waals surface area contributed by atoms with Gasteiger partial charge in [-0.25, -0.2) is 4.39 Å². The van der Waals surface area contributed by atoms with E-state index in [1.54, 1.807) is 24.0 Å². The van der Waals surface area contributed by atoms with Gasteiger partial charge in [0.15, 0.2) is 6.10 Å². The maximum atomic E-state index is 13.2. The van der Waals surface area contributed by atoms with Gasteiger partial charge in [0.2, 0.25) is 5.91 Å². The number of amides is 2. The van der Waals surface area contributed by atoms with E-state index < -0.39 is 11.9 Å². The Labute approximate surface area is 159 Å². The van der Waals surface area contributed by atoms with Gasteiger partial charge in [-0.3, -0.25) is 9.59 Å². The Morgan fingerprint density at radius 2 is 2.19 bits per heavy atom. The molecule has 1 fully saturated rings. The van der Waals surface area contributed by atoms with Crippen molar-refractivity contribution in [2.24, 2.45) is 5.73 Å². The summed E-state index contributed by atoms with van der Waals surface area (Å²) in [5.74, 6) is -0.340. The average molecular weight is 388 g/mol. The van der Waals surface area contributed by atoms with E-state index >= 15 is 0 Å². The normalized spacial score (nSPS) is 17.8. The molecule has 2 atom stereocenters. The second kappa shape index (κ2) is 11.0. The van der Waals surface area contributed by atoms with Crippen molar-refractivity contribution in [2.45, 2.75) is 44.8 Å². The predicted molar refractivity (Wildman–Crippen MR) is 99.8 cm³/mol. The Bertz CT molecular complexity index is 603. The molecule has 2 amide bonds. The monoisotopic (exact) mass is 387 g/mol. The van der Waals surface area contributed by atoms with Gasteiger partial charge in [0.1, 0.15) is 11.6 Å². The van der Waals surface area contributed by atoms with E-state index in [4.69, 9.17) is 10.5 Å². The van der Waals surface area contributed by atoms with Crippen LogP contribution in [0.15, 0.2) is 24.3 Å². The maximum Gasteiger partial charge on any atom is 0.263 e. The quantitative estimate of drug-likeness (QED) is 0.747. The maximum absolute atomic E-state index is 13.2. The number of piperidine rings is 1. The Hall–Kier alpha value is -1.86. The van der Waals surface area contributed by atoms with E-state index in [1.807, 2.05) is 0 Å². The van der Waals surface area contributed by atoms with Crippen LogP contribution in [0, 0.1) is 5.82 Å². The Morgan fingerprint density at radius 3 is 2.88 bits per heavy atom. The van der Waals surface area contributed by atoms with Crippen LogP contribution in [0.5, 0.6) is 5.75 Å². The smallest absolute Gasteiger partial charge is 0.263 e. The number of benzene rings is 1. The summed E-state index contributed by atoms with van der Waals surface area (Å²) in [5, 5.41) is 2.83. The number of nitrogens with two attached hydrogens (primary N) is 1. The first-order valence-electron chi connectivity index (χ1n) is 8.70. The Morgan fingerprint density at radius 1 is 1.42 bits per heavy atom. The lowest BCUT2D eigenvalue weighted by Gasteiger charge is -2.37. The molecule has 26 heavy (non-hydrogen) atoms. The van der Waals surface area contributed by atoms with Gasteiger partial charge >= 0.3 is 0 Å². The Balaban J connectivity index is 0.00000338. The number of halogens is 2. The summed E-state index contributed by atoms with van der Waals surface area (Å²) in [6.45, 7) is 3.01. The van der Waals surface area contributed by atoms with Crippen molar-refractivity contribution in [1.82, 2.24) is 10.2 Å². The third-order valence-electron chi connectivity index (χ3n) is 4.27. The molecule has 0 bridgehead atoms. The molecule has 1 aromatic carbocycles. The van der Waals surface area contributed by atoms with E-state index in [-0.39, 0.29) is 36.7 Å². The van der Waals surface area contributed by atoms with Gasteiger partial charge in [-0.1, -0.05) is 6.07 Å². The van der Waals surface area contributed by atoms with Crippen molar-refractivity contribution in [1.29, 1.82) is 0 Å². The van der Waals surface area contributed by atoms with Gasteiger partial charge in [-0.05, 0) is 38.3 Å². The molecule has 3 N–H and O–H groups in total. The van der Waals surface area contributed by atoms with Gasteiger partial charge in [-0.2, -0.15) is 0 Å². The molecule has 2 unspecified atom stereocenters. The highest BCUT2D eigenvalue weighted by Gasteiger charge is 2.30. The Kier molecular flexibility index (Phi) is 9.37. The number of nitrogens with one attached hydrogen (secondary N) is 1. The van der Waals surface area contributed by atoms with Crippen LogP contribution in [0.2, 0.25) is 0 Å². The van der Waals surface area contributed by atoms with Crippen LogP contribution < -0.4 is 15.8 Å². The molecule has 146 valence electrons. The molecule has 6 nitrogen and oxygen atoms in total. The molecule has 0 radical (unpaired) electrons. The number of carbonyl (C=O) groups is 2. The van der Waals surface area contributed by atoms with Gasteiger partial charge in [0, 0.05) is 38.2 Å². The van der Waals surface area contributed by atoms with Gasteiger partial charge in [0.25, 0.3) is 5.91 Å². The lowest BCUT2D eigenvalue weighted by Crippen LogP contribution is -2.52. The fourth-order valence-electron chi connectivity index (χ4n) is 2.98. The van der Waals surface area contributed by atoms with E-state index in [9.17, 15) is 14.0 Å². The molecule has 0 aromatic heterocycles. The number of rotatable bonds is 7. The zero-order valence-corrected chi connectivity index (χ0v) is 15.8. The molecule has 1 aromatic rings. The van der Waals surface area contributed by atoms with Crippen molar-refractivity contribution in [2.75, 3.05) is 19.6 Å². The standard InChI is InChI=1S/C18H26FN3O3.ClH/c1-13(25-16-7-4-5-14(19)11-16)18(24)22-10-3-2-6-15(22)12-21-17(23)8-9-20;/h4-5,7,11,13,15H,2-3,6,8-10,12,20H2,1H3,(H,21,23);1H. The predicted octanol–water partition coefficient (Wildman–Crippen LogP) is 1.86. The lowest BCUT2D eigenvalue weighted by molar-refractivity contribution is -0.142. The third kappa shape index (κ3) is 6.46. The summed E-state index contributed by atoms with van der Waals surface area (Å²) in [6.07, 6.45) is 2.33. The summed E-state index contributed by atoms with van der Waals surface area (Å²) in [5.41, 5.74) is 5.37. The minimum atomic E-state index is -0.720. The first kappa shape index (κ1) is 22.2. The number of ether oxygens (including phenoxy) is 1. The topological polar surface area (TPSA) is 84.7 Å². The van der Waals surface area contributed by atoms with Crippen molar-refractivity contribution in [3.8, 4) is 5.75 Å². The fraction of sp³-hybridized carbons (Fsp3) is 0.556. The van der Waals surface area contributed by atoms with Crippen LogP contribution in [0.1, 0.15) is 32.6 Å². The minimum Gasteiger partial charge on any atom is -0.481 e. The van der Waals surface area contributed by atoms with Crippen molar-refractivity contribution in [3.63, 3.8) is 0 Å². The van der Waals surface area contributed by atoms with Crippen molar-refractivity contribution < 1.29 is 18.7 Å². The zero-order chi connectivity index (χ0) is 18.2. The second-order valence-electron chi connectivity index (χ2n) is 6.24. The van der Waals surface area contributed by atoms with Crippen LogP contribution in [-0.4, -0.2) is 48.5 Å². The molecule has 1 heterocycles. The minimum absolute atomic E-state index is 0. The highest BCUT2D eigenvalue weighted by molar-refractivity contribution is 5.85. The molecule has 8 heteroatoms. The highest BCUT2D eigenvalue weighted by Crippen LogP contribution is 2.20. The zero-order valence-electron chi connectivity index (χ0n) is 14.9. The summed E-state index contributed by atoms with van der Waals surface area (Å²) in [7, 11) is 0. The van der Waals surface area contributed by atoms with Crippen LogP contribution in [-0.2, 0) is 9.59 Å². The van der Waals surface area contributed by atoms with E-state index in [1.165, 1.54) is 12.1 Å². The van der Waals surface area contributed by atoms with Crippen molar-refractivity contribution >= 4 is 24.2 Å². The van der Waals surface area contributed by atoms with Crippen LogP contribution >= 0.6 is 12.4 Å². The van der Waals surface area contributed by atoms with E-state index in [0.29, 0.717) is 25.4 Å². The summed E-state index contributed by atoms with van der Waals surface area (Å²) in [6, 6.07) is 5.68. The molecular formula is C18H27ClFN3O3. The van der Waals surface area contributed by atoms with E-state index in [0.717, 1.165) is 19.3 Å². The first-order chi connectivity index (χ1) is 12.0. The second-order valence-corrected chi connectivity index (χ2v) is 6.24. The molecule has 0 aliphatic carbocycles. The number of likely N-dealkylation sites (tertiary alicyclic amines) is 1. The molecule has 0 saturated carbocycles. The largest absolute Gasteiger partial charge is 0.481 e. The first-order valence-corrected chi connectivity index (χ1v) is 8.70. The van der Waals surface area contributed by atoms with Gasteiger partial charge < -0.3 is 20.7 Å². The molecular weight excluding hydrogens is 361 g/mol. The average Bonchev–Trinajstić information content (AvgIpc) is 2.60. The summed E-state index contributed by atoms with van der Waals surface area (Å²) >= 11 is 0. The summed E-state index contributed by atoms with van der Waals surface area (Å²) < 4.78 is 18.8. The molecule has 1 aliphatic rings. The van der Waals surface area contributed by atoms with Crippen LogP contribution in [0.4, 0.5) is 4.39 Å². The number of nitrogens with zero attached hydrogens (tertiary/aromatic N) is 1. The number of carbonyl (C=O) groups excluding carboxylic acids is 2. The lowest BCUT2D eigenvalue weighted by atomic mass is 10.0. The number of hydrogen-bond donors (Lipinski definition) is 2. The fourth-order valence-corrected chi connectivity index (χ4v) is 2.98. The van der Waals surface area contributed by atoms with Gasteiger partial charge in [0.05, 0.1) is 0 Å². The number of hydrogen-bond acceptors (Lipinski definition) is 4. The molecule has 2 rings (SSSR count). The van der Waals surface area contributed by atoms with E-state index in [2.05, 4.69) is 5.32 Å². The molecule has 1 saturated heterocycles. The summed E-state index contributed by atoms with van der Waals surface area (Å²) in [4.78, 5) is 26.1. The van der Waals surface area contributed by atoms with Crippen LogP contribution in [0.3, 0.4) is 0 Å². The van der Waals surface area contributed by atoms with Crippen LogP contribution in [0.25, 0.3) is 0 Å². The third-order valence-corrected chi connectivity index (χ3v) is 4.27. The van der Waals surface area contributed by atoms with Crippen molar-refractivity contribution in [3.05, 3.63) is 30.1 Å². The molecule has 0 spiro atoms.